The molecule has 3 amide bonds. The number of nitrogens with two attached hydrogens (primary N) is 1. The topological polar surface area (TPSA) is 205 Å². The maximum Gasteiger partial charge on any atom is 0.416 e. The van der Waals surface area contributed by atoms with Crippen molar-refractivity contribution in [3.8, 4) is 5.75 Å². The summed E-state index contributed by atoms with van der Waals surface area (Å²) in [5, 5.41) is 28.8. The second-order valence-corrected chi connectivity index (χ2v) is 12.8. The number of amides is 3. The Hall–Kier alpha value is -5.16. The van der Waals surface area contributed by atoms with Crippen LogP contribution in [0.5, 0.6) is 5.75 Å². The third-order valence-electron chi connectivity index (χ3n) is 7.30. The van der Waals surface area contributed by atoms with Crippen LogP contribution in [-0.4, -0.2) is 66.1 Å². The molecule has 13 nitrogen and oxygen atoms in total. The Labute approximate surface area is 286 Å². The summed E-state index contributed by atoms with van der Waals surface area (Å²) in [6, 6.07) is 13.1. The van der Waals surface area contributed by atoms with Crippen LogP contribution in [0.1, 0.15) is 48.4 Å². The summed E-state index contributed by atoms with van der Waals surface area (Å²) < 4.78 is 68.8. The molecule has 270 valence electrons. The molecule has 50 heavy (non-hydrogen) atoms. The van der Waals surface area contributed by atoms with Gasteiger partial charge in [-0.05, 0) is 59.5 Å². The molecule has 0 heterocycles. The molecule has 0 saturated heterocycles. The third kappa shape index (κ3) is 12.1. The molecule has 0 aliphatic heterocycles. The van der Waals surface area contributed by atoms with E-state index in [1.807, 2.05) is 6.92 Å². The number of unbranched alkanes of at least 4 members (excludes halogenated alkanes) is 2. The number of halogens is 3. The summed E-state index contributed by atoms with van der Waals surface area (Å²) in [7, 11) is -4.02. The van der Waals surface area contributed by atoms with Crippen molar-refractivity contribution in [3.63, 3.8) is 0 Å². The van der Waals surface area contributed by atoms with E-state index in [2.05, 4.69) is 10.6 Å². The largest absolute Gasteiger partial charge is 0.478 e. The number of carbonyl (C=O) groups excluding carboxylic acids is 2. The molecule has 6 N–H and O–H groups in total. The minimum atomic E-state index is -4.64. The Bertz CT molecular complexity index is 1740. The fourth-order valence-electron chi connectivity index (χ4n) is 4.71. The van der Waals surface area contributed by atoms with Crippen LogP contribution in [0.4, 0.5) is 18.0 Å². The van der Waals surface area contributed by atoms with Gasteiger partial charge in [0.15, 0.2) is 0 Å². The number of carbonyl (C=O) groups is 4. The van der Waals surface area contributed by atoms with E-state index < -0.39 is 57.8 Å². The number of alkyl halides is 3. The molecule has 0 saturated carbocycles. The molecule has 1 atom stereocenters. The van der Waals surface area contributed by atoms with Crippen molar-refractivity contribution >= 4 is 33.9 Å². The quantitative estimate of drug-likeness (QED) is 0.101. The number of ether oxygens (including phenoxy) is 1. The fourth-order valence-corrected chi connectivity index (χ4v) is 5.23. The van der Waals surface area contributed by atoms with Crippen molar-refractivity contribution in [1.29, 1.82) is 0 Å². The first-order chi connectivity index (χ1) is 23.5. The predicted molar refractivity (Wildman–Crippen MR) is 173 cm³/mol. The van der Waals surface area contributed by atoms with E-state index in [4.69, 9.17) is 20.1 Å². The van der Waals surface area contributed by atoms with E-state index in [0.717, 1.165) is 29.9 Å². The molecule has 0 unspecified atom stereocenters. The summed E-state index contributed by atoms with van der Waals surface area (Å²) >= 11 is 0. The molecule has 0 spiro atoms. The van der Waals surface area contributed by atoms with Crippen LogP contribution in [0.3, 0.4) is 0 Å². The SMILES string of the molecule is CCCCCNC(=O)[C@H](Cc1ccc(OC(C(=O)O)C(=O)O)cc1)NC(=O)N(Cc1ccc(S(N)(=O)=O)cc1)Cc1cccc(C(F)(F)F)c1. The molecule has 0 aliphatic rings. The van der Waals surface area contributed by atoms with E-state index in [1.165, 1.54) is 60.7 Å². The number of benzene rings is 3. The van der Waals surface area contributed by atoms with E-state index in [1.54, 1.807) is 0 Å². The lowest BCUT2D eigenvalue weighted by Gasteiger charge is -2.27. The second kappa shape index (κ2) is 17.5. The van der Waals surface area contributed by atoms with Gasteiger partial charge < -0.3 is 30.5 Å². The molecule has 0 aromatic heterocycles. The smallest absolute Gasteiger partial charge is 0.416 e. The zero-order chi connectivity index (χ0) is 37.1. The number of primary sulfonamides is 1. The van der Waals surface area contributed by atoms with Crippen LogP contribution < -0.4 is 20.5 Å². The van der Waals surface area contributed by atoms with E-state index in [9.17, 15) is 40.8 Å². The van der Waals surface area contributed by atoms with Gasteiger partial charge in [-0.25, -0.2) is 27.9 Å². The summed E-state index contributed by atoms with van der Waals surface area (Å²) in [4.78, 5) is 50.5. The summed E-state index contributed by atoms with van der Waals surface area (Å²) in [5.74, 6) is -4.05. The minimum absolute atomic E-state index is 0.0751. The van der Waals surface area contributed by atoms with Gasteiger partial charge >= 0.3 is 24.1 Å². The number of hydrogen-bond acceptors (Lipinski definition) is 7. The first-order valence-corrected chi connectivity index (χ1v) is 16.8. The molecule has 3 aromatic carbocycles. The lowest BCUT2D eigenvalue weighted by atomic mass is 10.0. The zero-order valence-electron chi connectivity index (χ0n) is 26.9. The highest BCUT2D eigenvalue weighted by atomic mass is 32.2. The number of aliphatic carboxylic acids is 2. The van der Waals surface area contributed by atoms with Gasteiger partial charge in [0, 0.05) is 26.1 Å². The number of urea groups is 1. The van der Waals surface area contributed by atoms with Gasteiger partial charge in [-0.3, -0.25) is 4.79 Å². The van der Waals surface area contributed by atoms with Crippen LogP contribution in [0.25, 0.3) is 0 Å². The van der Waals surface area contributed by atoms with Crippen LogP contribution in [0.15, 0.2) is 77.7 Å². The highest BCUT2D eigenvalue weighted by Gasteiger charge is 2.31. The average molecular weight is 723 g/mol. The molecule has 0 radical (unpaired) electrons. The Morgan fingerprint density at radius 2 is 1.48 bits per heavy atom. The van der Waals surface area contributed by atoms with E-state index in [0.29, 0.717) is 24.1 Å². The zero-order valence-corrected chi connectivity index (χ0v) is 27.7. The first-order valence-electron chi connectivity index (χ1n) is 15.3. The number of rotatable bonds is 17. The number of nitrogens with one attached hydrogen (secondary N) is 2. The molecule has 17 heteroatoms. The Morgan fingerprint density at radius 1 is 0.880 bits per heavy atom. The lowest BCUT2D eigenvalue weighted by Crippen LogP contribution is -2.52. The van der Waals surface area contributed by atoms with Gasteiger partial charge in [-0.1, -0.05) is 56.2 Å². The van der Waals surface area contributed by atoms with Crippen molar-refractivity contribution in [2.75, 3.05) is 6.54 Å². The van der Waals surface area contributed by atoms with E-state index >= 15 is 0 Å². The van der Waals surface area contributed by atoms with Crippen molar-refractivity contribution in [3.05, 3.63) is 95.1 Å². The first kappa shape index (κ1) is 39.3. The molecule has 0 bridgehead atoms. The van der Waals surface area contributed by atoms with Gasteiger partial charge in [-0.2, -0.15) is 13.2 Å². The monoisotopic (exact) mass is 722 g/mol. The predicted octanol–water partition coefficient (Wildman–Crippen LogP) is 3.90. The fraction of sp³-hybridized carbons (Fsp3) is 0.333. The molecular formula is C33H37F3N4O9S. The van der Waals surface area contributed by atoms with Gasteiger partial charge in [0.1, 0.15) is 11.8 Å². The van der Waals surface area contributed by atoms with Crippen LogP contribution in [0.2, 0.25) is 0 Å². The minimum Gasteiger partial charge on any atom is -0.478 e. The van der Waals surface area contributed by atoms with Crippen molar-refractivity contribution in [1.82, 2.24) is 15.5 Å². The highest BCUT2D eigenvalue weighted by molar-refractivity contribution is 7.89. The maximum atomic E-state index is 13.8. The van der Waals surface area contributed by atoms with Gasteiger partial charge in [0.05, 0.1) is 10.5 Å². The standard InChI is InChI=1S/C33H37F3N4O9S/c1-2-3-4-16-38-29(41)27(18-21-8-12-25(13-9-21)49-28(30(42)43)31(44)45)39-32(46)40(19-22-10-14-26(15-11-22)50(37,47)48)20-23-6-5-7-24(17-23)33(34,35)36/h5-15,17,27-28H,2-4,16,18-20H2,1H3,(H,38,41)(H,39,46)(H,42,43)(H,44,45)(H2,37,47,48)/t27-/m0/s1. The van der Waals surface area contributed by atoms with Crippen molar-refractivity contribution < 1.29 is 55.7 Å². The Kier molecular flexibility index (Phi) is 13.7. The average Bonchev–Trinajstić information content (AvgIpc) is 3.04. The van der Waals surface area contributed by atoms with Crippen LogP contribution >= 0.6 is 0 Å². The number of carboxylic acid groups (broad SMARTS) is 2. The molecule has 0 aliphatic carbocycles. The normalized spacial score (nSPS) is 12.2. The number of hydrogen-bond donors (Lipinski definition) is 5. The third-order valence-corrected chi connectivity index (χ3v) is 8.23. The molecule has 0 fully saturated rings. The molecule has 3 aromatic rings. The van der Waals surface area contributed by atoms with Crippen LogP contribution in [0, 0.1) is 0 Å². The van der Waals surface area contributed by atoms with E-state index in [-0.39, 0.29) is 35.7 Å². The van der Waals surface area contributed by atoms with Crippen LogP contribution in [-0.2, 0) is 50.1 Å². The number of nitrogens with zero attached hydrogens (tertiary/aromatic N) is 1. The summed E-state index contributed by atoms with van der Waals surface area (Å²) in [5.41, 5.74) is 0.0873. The van der Waals surface area contributed by atoms with Crippen molar-refractivity contribution in [2.24, 2.45) is 5.14 Å². The molecule has 3 rings (SSSR count). The second-order valence-electron chi connectivity index (χ2n) is 11.3. The lowest BCUT2D eigenvalue weighted by molar-refractivity contribution is -0.159. The Balaban J connectivity index is 1.91. The summed E-state index contributed by atoms with van der Waals surface area (Å²) in [6.07, 6.45) is -4.50. The molecular weight excluding hydrogens is 685 g/mol. The Morgan fingerprint density at radius 3 is 2.04 bits per heavy atom. The number of carboxylic acids is 2. The van der Waals surface area contributed by atoms with Gasteiger partial charge in [0.25, 0.3) is 6.10 Å². The van der Waals surface area contributed by atoms with Gasteiger partial charge in [-0.15, -0.1) is 0 Å². The summed E-state index contributed by atoms with van der Waals surface area (Å²) in [6.45, 7) is 1.77. The van der Waals surface area contributed by atoms with Crippen molar-refractivity contribution in [2.45, 2.75) is 68.9 Å². The maximum absolute atomic E-state index is 13.8. The number of sulfonamides is 1. The van der Waals surface area contributed by atoms with Gasteiger partial charge in [0.2, 0.25) is 15.9 Å². The highest BCUT2D eigenvalue weighted by Crippen LogP contribution is 2.30.